The Labute approximate surface area is 122 Å². The summed E-state index contributed by atoms with van der Waals surface area (Å²) in [7, 11) is 0. The normalized spacial score (nSPS) is 11.0. The molecule has 1 aromatic rings. The van der Waals surface area contributed by atoms with Crippen molar-refractivity contribution in [1.82, 2.24) is 0 Å². The number of unbranched alkanes of at least 4 members (excludes halogenated alkanes) is 7. The summed E-state index contributed by atoms with van der Waals surface area (Å²) < 4.78 is 0. The molecule has 0 aliphatic heterocycles. The minimum Gasteiger partial charge on any atom is -0.478 e. The highest BCUT2D eigenvalue weighted by molar-refractivity contribution is 5.79. The van der Waals surface area contributed by atoms with Crippen molar-refractivity contribution in [2.45, 2.75) is 57.8 Å². The first-order valence-corrected chi connectivity index (χ1v) is 7.72. The fraction of sp³-hybridized carbons (Fsp3) is 0.500. The fourth-order valence-electron chi connectivity index (χ4n) is 2.30. The highest BCUT2D eigenvalue weighted by Gasteiger charge is 1.94. The van der Waals surface area contributed by atoms with E-state index < -0.39 is 5.97 Å². The van der Waals surface area contributed by atoms with Gasteiger partial charge in [0.25, 0.3) is 0 Å². The van der Waals surface area contributed by atoms with Gasteiger partial charge in [-0.05, 0) is 31.2 Å². The van der Waals surface area contributed by atoms with Gasteiger partial charge in [-0.15, -0.1) is 0 Å². The van der Waals surface area contributed by atoms with Gasteiger partial charge < -0.3 is 5.11 Å². The van der Waals surface area contributed by atoms with Gasteiger partial charge in [0.05, 0.1) is 0 Å². The molecule has 110 valence electrons. The number of hydrogen-bond donors (Lipinski definition) is 1. The summed E-state index contributed by atoms with van der Waals surface area (Å²) >= 11 is 0. The quantitative estimate of drug-likeness (QED) is 0.456. The number of allylic oxidation sites excluding steroid dienone is 1. The first-order valence-electron chi connectivity index (χ1n) is 7.72. The summed E-state index contributed by atoms with van der Waals surface area (Å²) in [6.07, 6.45) is 13.9. The molecule has 0 bridgehead atoms. The summed E-state index contributed by atoms with van der Waals surface area (Å²) in [6, 6.07) is 10.7. The second kappa shape index (κ2) is 11.3. The number of aryl methyl sites for hydroxylation is 1. The molecule has 1 rings (SSSR count). The van der Waals surface area contributed by atoms with E-state index in [-0.39, 0.29) is 0 Å². The molecule has 0 unspecified atom stereocenters. The van der Waals surface area contributed by atoms with Crippen molar-refractivity contribution in [2.75, 3.05) is 0 Å². The van der Waals surface area contributed by atoms with Gasteiger partial charge in [-0.3, -0.25) is 0 Å². The van der Waals surface area contributed by atoms with E-state index >= 15 is 0 Å². The minimum atomic E-state index is -0.844. The minimum absolute atomic E-state index is 0.844. The number of rotatable bonds is 11. The van der Waals surface area contributed by atoms with Crippen molar-refractivity contribution in [2.24, 2.45) is 0 Å². The molecule has 0 amide bonds. The van der Waals surface area contributed by atoms with Crippen LogP contribution in [0, 0.1) is 0 Å². The average Bonchev–Trinajstić information content (AvgIpc) is 2.45. The molecule has 1 N–H and O–H groups in total. The maximum Gasteiger partial charge on any atom is 0.327 e. The third-order valence-corrected chi connectivity index (χ3v) is 3.44. The number of benzene rings is 1. The number of carboxylic acids is 1. The third-order valence-electron chi connectivity index (χ3n) is 3.44. The van der Waals surface area contributed by atoms with Gasteiger partial charge in [0.2, 0.25) is 0 Å². The fourth-order valence-corrected chi connectivity index (χ4v) is 2.30. The van der Waals surface area contributed by atoms with Crippen LogP contribution in [0.1, 0.15) is 56.9 Å². The predicted molar refractivity (Wildman–Crippen MR) is 83.9 cm³/mol. The molecule has 0 aromatic heterocycles. The van der Waals surface area contributed by atoms with Crippen molar-refractivity contribution >= 4 is 5.97 Å². The molecule has 2 nitrogen and oxygen atoms in total. The molecule has 0 saturated heterocycles. The lowest BCUT2D eigenvalue weighted by atomic mass is 10.0. The van der Waals surface area contributed by atoms with Gasteiger partial charge in [-0.2, -0.15) is 0 Å². The van der Waals surface area contributed by atoms with Crippen LogP contribution < -0.4 is 0 Å². The van der Waals surface area contributed by atoms with Crippen LogP contribution in [-0.2, 0) is 11.2 Å². The Morgan fingerprint density at radius 3 is 2.15 bits per heavy atom. The summed E-state index contributed by atoms with van der Waals surface area (Å²) in [5.74, 6) is -0.844. The van der Waals surface area contributed by atoms with Gasteiger partial charge in [-0.25, -0.2) is 4.79 Å². The Hall–Kier alpha value is -1.57. The van der Waals surface area contributed by atoms with Crippen LogP contribution in [0.5, 0.6) is 0 Å². The molecule has 0 heterocycles. The van der Waals surface area contributed by atoms with E-state index in [1.165, 1.54) is 56.6 Å². The molecule has 0 saturated carbocycles. The van der Waals surface area contributed by atoms with Crippen LogP contribution in [0.15, 0.2) is 42.5 Å². The Morgan fingerprint density at radius 1 is 0.900 bits per heavy atom. The van der Waals surface area contributed by atoms with Crippen LogP contribution in [0.25, 0.3) is 0 Å². The van der Waals surface area contributed by atoms with Gasteiger partial charge in [-0.1, -0.05) is 68.5 Å². The van der Waals surface area contributed by atoms with E-state index in [9.17, 15) is 4.79 Å². The van der Waals surface area contributed by atoms with Crippen molar-refractivity contribution in [3.8, 4) is 0 Å². The molecule has 0 radical (unpaired) electrons. The van der Waals surface area contributed by atoms with Gasteiger partial charge >= 0.3 is 5.97 Å². The molecular formula is C18H26O2. The molecule has 0 aliphatic rings. The molecular weight excluding hydrogens is 248 g/mol. The molecule has 0 fully saturated rings. The SMILES string of the molecule is O=C(O)/C=C/CCCCCCCCCc1ccccc1. The summed E-state index contributed by atoms with van der Waals surface area (Å²) in [6.45, 7) is 0. The zero-order valence-corrected chi connectivity index (χ0v) is 12.3. The van der Waals surface area contributed by atoms with Crippen LogP contribution in [0.4, 0.5) is 0 Å². The second-order valence-corrected chi connectivity index (χ2v) is 5.24. The third kappa shape index (κ3) is 9.37. The zero-order valence-electron chi connectivity index (χ0n) is 12.3. The maximum atomic E-state index is 10.3. The zero-order chi connectivity index (χ0) is 14.5. The van der Waals surface area contributed by atoms with Crippen LogP contribution in [0.2, 0.25) is 0 Å². The number of carbonyl (C=O) groups is 1. The van der Waals surface area contributed by atoms with Crippen molar-refractivity contribution in [3.63, 3.8) is 0 Å². The van der Waals surface area contributed by atoms with E-state index in [0.717, 1.165) is 12.8 Å². The van der Waals surface area contributed by atoms with E-state index in [2.05, 4.69) is 30.3 Å². The number of hydrogen-bond acceptors (Lipinski definition) is 1. The van der Waals surface area contributed by atoms with E-state index in [1.54, 1.807) is 6.08 Å². The lowest BCUT2D eigenvalue weighted by Crippen LogP contribution is -1.86. The lowest BCUT2D eigenvalue weighted by molar-refractivity contribution is -0.131. The first-order chi connectivity index (χ1) is 9.79. The Kier molecular flexibility index (Phi) is 9.29. The Balaban J connectivity index is 1.84. The van der Waals surface area contributed by atoms with E-state index in [4.69, 9.17) is 5.11 Å². The van der Waals surface area contributed by atoms with Gasteiger partial charge in [0, 0.05) is 6.08 Å². The second-order valence-electron chi connectivity index (χ2n) is 5.24. The highest BCUT2D eigenvalue weighted by atomic mass is 16.4. The number of aliphatic carboxylic acids is 1. The van der Waals surface area contributed by atoms with E-state index in [0.29, 0.717) is 0 Å². The highest BCUT2D eigenvalue weighted by Crippen LogP contribution is 2.11. The standard InChI is InChI=1S/C18H26O2/c19-18(20)16-12-7-5-3-1-2-4-6-9-13-17-14-10-8-11-15-17/h8,10-12,14-16H,1-7,9,13H2,(H,19,20)/b16-12+. The van der Waals surface area contributed by atoms with Crippen molar-refractivity contribution < 1.29 is 9.90 Å². The molecule has 2 heteroatoms. The smallest absolute Gasteiger partial charge is 0.327 e. The molecule has 0 spiro atoms. The molecule has 0 aliphatic carbocycles. The van der Waals surface area contributed by atoms with Crippen LogP contribution in [-0.4, -0.2) is 11.1 Å². The average molecular weight is 274 g/mol. The van der Waals surface area contributed by atoms with Gasteiger partial charge in [0.15, 0.2) is 0 Å². The monoisotopic (exact) mass is 274 g/mol. The topological polar surface area (TPSA) is 37.3 Å². The first kappa shape index (κ1) is 16.5. The van der Waals surface area contributed by atoms with Gasteiger partial charge in [0.1, 0.15) is 0 Å². The summed E-state index contributed by atoms with van der Waals surface area (Å²) in [5, 5.41) is 8.43. The predicted octanol–water partition coefficient (Wildman–Crippen LogP) is 4.99. The van der Waals surface area contributed by atoms with E-state index in [1.807, 2.05) is 0 Å². The Bertz CT molecular complexity index is 382. The largest absolute Gasteiger partial charge is 0.478 e. The maximum absolute atomic E-state index is 10.3. The lowest BCUT2D eigenvalue weighted by Gasteiger charge is -2.02. The van der Waals surface area contributed by atoms with Crippen LogP contribution >= 0.6 is 0 Å². The molecule has 1 aromatic carbocycles. The summed E-state index contributed by atoms with van der Waals surface area (Å²) in [5.41, 5.74) is 1.44. The number of carboxylic acid groups (broad SMARTS) is 1. The molecule has 20 heavy (non-hydrogen) atoms. The Morgan fingerprint density at radius 2 is 1.50 bits per heavy atom. The summed E-state index contributed by atoms with van der Waals surface area (Å²) in [4.78, 5) is 10.3. The molecule has 0 atom stereocenters. The van der Waals surface area contributed by atoms with Crippen molar-refractivity contribution in [1.29, 1.82) is 0 Å². The van der Waals surface area contributed by atoms with Crippen molar-refractivity contribution in [3.05, 3.63) is 48.0 Å². The van der Waals surface area contributed by atoms with Crippen LogP contribution in [0.3, 0.4) is 0 Å².